The summed E-state index contributed by atoms with van der Waals surface area (Å²) < 4.78 is 16.9. The number of methoxy groups -OCH3 is 2. The van der Waals surface area contributed by atoms with Crippen LogP contribution in [-0.4, -0.2) is 48.1 Å². The highest BCUT2D eigenvalue weighted by molar-refractivity contribution is 5.93. The number of pyridine rings is 2. The fourth-order valence-corrected chi connectivity index (χ4v) is 4.13. The van der Waals surface area contributed by atoms with Crippen LogP contribution in [0.15, 0.2) is 54.9 Å². The van der Waals surface area contributed by atoms with Crippen LogP contribution >= 0.6 is 0 Å². The predicted molar refractivity (Wildman–Crippen MR) is 125 cm³/mol. The molecule has 0 bridgehead atoms. The average molecular weight is 448 g/mol. The molecule has 3 aromatic rings. The zero-order chi connectivity index (χ0) is 23.2. The molecular formula is C26H29N3O4. The standard InChI is InChI=1S/C26H29N3O4/c1-18-13-23(31-2)21(15-27-18)20-9-11-29(12-10-20)26(30)22-14-24(32-3)25(16-28-22)33-17-19-7-5-4-6-8-19/h4-8,13-16,20H,9-12,17H2,1-3H3. The number of piperidine rings is 1. The lowest BCUT2D eigenvalue weighted by atomic mass is 9.89. The van der Waals surface area contributed by atoms with Crippen molar-refractivity contribution in [2.45, 2.75) is 32.3 Å². The molecule has 0 saturated carbocycles. The summed E-state index contributed by atoms with van der Waals surface area (Å²) in [5, 5.41) is 0. The third-order valence-corrected chi connectivity index (χ3v) is 5.98. The first-order valence-corrected chi connectivity index (χ1v) is 11.1. The van der Waals surface area contributed by atoms with Crippen molar-refractivity contribution in [2.75, 3.05) is 27.3 Å². The maximum Gasteiger partial charge on any atom is 0.272 e. The summed E-state index contributed by atoms with van der Waals surface area (Å²) in [6, 6.07) is 13.5. The van der Waals surface area contributed by atoms with E-state index in [0.29, 0.717) is 42.8 Å². The Labute approximate surface area is 194 Å². The van der Waals surface area contributed by atoms with E-state index in [1.807, 2.05) is 54.4 Å². The fraction of sp³-hybridized carbons (Fsp3) is 0.346. The van der Waals surface area contributed by atoms with Crippen LogP contribution in [0.4, 0.5) is 0 Å². The Morgan fingerprint density at radius 1 is 0.970 bits per heavy atom. The number of ether oxygens (including phenoxy) is 3. The first-order valence-electron chi connectivity index (χ1n) is 11.1. The van der Waals surface area contributed by atoms with E-state index in [4.69, 9.17) is 14.2 Å². The van der Waals surface area contributed by atoms with Crippen molar-refractivity contribution in [1.82, 2.24) is 14.9 Å². The maximum atomic E-state index is 13.1. The summed E-state index contributed by atoms with van der Waals surface area (Å²) in [4.78, 5) is 23.7. The molecule has 3 heterocycles. The number of aromatic nitrogens is 2. The Morgan fingerprint density at radius 3 is 2.39 bits per heavy atom. The van der Waals surface area contributed by atoms with Crippen LogP contribution in [0.25, 0.3) is 0 Å². The molecule has 0 radical (unpaired) electrons. The van der Waals surface area contributed by atoms with Gasteiger partial charge in [-0.1, -0.05) is 30.3 Å². The average Bonchev–Trinajstić information content (AvgIpc) is 2.87. The summed E-state index contributed by atoms with van der Waals surface area (Å²) in [7, 11) is 3.25. The predicted octanol–water partition coefficient (Wildman–Crippen LogP) is 4.40. The van der Waals surface area contributed by atoms with E-state index in [-0.39, 0.29) is 5.91 Å². The summed E-state index contributed by atoms with van der Waals surface area (Å²) in [6.07, 6.45) is 5.16. The molecule has 1 aliphatic heterocycles. The van der Waals surface area contributed by atoms with Gasteiger partial charge in [0, 0.05) is 42.7 Å². The molecule has 0 aliphatic carbocycles. The van der Waals surface area contributed by atoms with Gasteiger partial charge in [0.2, 0.25) is 0 Å². The molecule has 2 aromatic heterocycles. The molecule has 1 saturated heterocycles. The molecule has 7 nitrogen and oxygen atoms in total. The number of carbonyl (C=O) groups excluding carboxylic acids is 1. The van der Waals surface area contributed by atoms with Crippen molar-refractivity contribution in [3.05, 3.63) is 77.4 Å². The Hall–Kier alpha value is -3.61. The van der Waals surface area contributed by atoms with Gasteiger partial charge in [0.1, 0.15) is 18.1 Å². The van der Waals surface area contributed by atoms with E-state index in [9.17, 15) is 4.79 Å². The zero-order valence-corrected chi connectivity index (χ0v) is 19.3. The number of hydrogen-bond donors (Lipinski definition) is 0. The highest BCUT2D eigenvalue weighted by atomic mass is 16.5. The smallest absolute Gasteiger partial charge is 0.272 e. The molecule has 0 atom stereocenters. The lowest BCUT2D eigenvalue weighted by molar-refractivity contribution is 0.0706. The van der Waals surface area contributed by atoms with Gasteiger partial charge in [-0.15, -0.1) is 0 Å². The summed E-state index contributed by atoms with van der Waals surface area (Å²) in [5.41, 5.74) is 3.43. The molecule has 172 valence electrons. The van der Waals surface area contributed by atoms with Gasteiger partial charge < -0.3 is 19.1 Å². The topological polar surface area (TPSA) is 73.8 Å². The van der Waals surface area contributed by atoms with Crippen LogP contribution in [0.5, 0.6) is 17.2 Å². The van der Waals surface area contributed by atoms with Gasteiger partial charge in [0.05, 0.1) is 20.4 Å². The largest absolute Gasteiger partial charge is 0.496 e. The quantitative estimate of drug-likeness (QED) is 0.534. The highest BCUT2D eigenvalue weighted by Gasteiger charge is 2.27. The van der Waals surface area contributed by atoms with E-state index in [2.05, 4.69) is 9.97 Å². The second-order valence-corrected chi connectivity index (χ2v) is 8.13. The van der Waals surface area contributed by atoms with Crippen molar-refractivity contribution in [3.63, 3.8) is 0 Å². The van der Waals surface area contributed by atoms with Crippen molar-refractivity contribution in [3.8, 4) is 17.2 Å². The Bertz CT molecular complexity index is 1100. The van der Waals surface area contributed by atoms with Crippen molar-refractivity contribution in [1.29, 1.82) is 0 Å². The first-order chi connectivity index (χ1) is 16.1. The second kappa shape index (κ2) is 10.3. The van der Waals surface area contributed by atoms with Gasteiger partial charge in [-0.2, -0.15) is 0 Å². The van der Waals surface area contributed by atoms with E-state index in [1.165, 1.54) is 0 Å². The lowest BCUT2D eigenvalue weighted by Gasteiger charge is -2.32. The van der Waals surface area contributed by atoms with Gasteiger partial charge in [-0.25, -0.2) is 4.98 Å². The molecule has 0 spiro atoms. The van der Waals surface area contributed by atoms with E-state index in [0.717, 1.165) is 35.4 Å². The number of nitrogens with zero attached hydrogens (tertiary/aromatic N) is 3. The number of rotatable bonds is 7. The van der Waals surface area contributed by atoms with Crippen molar-refractivity contribution in [2.24, 2.45) is 0 Å². The zero-order valence-electron chi connectivity index (χ0n) is 19.3. The number of carbonyl (C=O) groups is 1. The molecule has 1 aliphatic rings. The molecule has 1 amide bonds. The highest BCUT2D eigenvalue weighted by Crippen LogP contribution is 2.35. The van der Waals surface area contributed by atoms with E-state index in [1.54, 1.807) is 26.5 Å². The van der Waals surface area contributed by atoms with Crippen molar-refractivity contribution < 1.29 is 19.0 Å². The molecule has 1 aromatic carbocycles. The Kier molecular flexibility index (Phi) is 7.07. The third-order valence-electron chi connectivity index (χ3n) is 5.98. The number of benzene rings is 1. The molecule has 0 N–H and O–H groups in total. The Balaban J connectivity index is 1.40. The van der Waals surface area contributed by atoms with Gasteiger partial charge in [-0.3, -0.25) is 9.78 Å². The normalized spacial score (nSPS) is 14.1. The van der Waals surface area contributed by atoms with Crippen LogP contribution in [-0.2, 0) is 6.61 Å². The minimum Gasteiger partial charge on any atom is -0.496 e. The Morgan fingerprint density at radius 2 is 1.70 bits per heavy atom. The SMILES string of the molecule is COc1cc(C(=O)N2CCC(c3cnc(C)cc3OC)CC2)ncc1OCc1ccccc1. The van der Waals surface area contributed by atoms with Gasteiger partial charge in [0.15, 0.2) is 11.5 Å². The van der Waals surface area contributed by atoms with Crippen LogP contribution < -0.4 is 14.2 Å². The van der Waals surface area contributed by atoms with Crippen LogP contribution in [0.2, 0.25) is 0 Å². The molecule has 1 fully saturated rings. The number of hydrogen-bond acceptors (Lipinski definition) is 6. The second-order valence-electron chi connectivity index (χ2n) is 8.13. The fourth-order valence-electron chi connectivity index (χ4n) is 4.13. The van der Waals surface area contributed by atoms with E-state index >= 15 is 0 Å². The van der Waals surface area contributed by atoms with Gasteiger partial charge >= 0.3 is 0 Å². The van der Waals surface area contributed by atoms with Crippen LogP contribution in [0, 0.1) is 6.92 Å². The van der Waals surface area contributed by atoms with Gasteiger partial charge in [-0.05, 0) is 31.2 Å². The lowest BCUT2D eigenvalue weighted by Crippen LogP contribution is -2.38. The summed E-state index contributed by atoms with van der Waals surface area (Å²) in [6.45, 7) is 3.65. The van der Waals surface area contributed by atoms with Crippen LogP contribution in [0.1, 0.15) is 46.1 Å². The summed E-state index contributed by atoms with van der Waals surface area (Å²) >= 11 is 0. The van der Waals surface area contributed by atoms with Crippen molar-refractivity contribution >= 4 is 5.91 Å². The van der Waals surface area contributed by atoms with E-state index < -0.39 is 0 Å². The maximum absolute atomic E-state index is 13.1. The van der Waals surface area contributed by atoms with Gasteiger partial charge in [0.25, 0.3) is 5.91 Å². The molecule has 0 unspecified atom stereocenters. The number of aryl methyl sites for hydroxylation is 1. The number of likely N-dealkylation sites (tertiary alicyclic amines) is 1. The molecule has 4 rings (SSSR count). The number of amides is 1. The van der Waals surface area contributed by atoms with Crippen LogP contribution in [0.3, 0.4) is 0 Å². The third kappa shape index (κ3) is 5.25. The minimum atomic E-state index is -0.102. The monoisotopic (exact) mass is 447 g/mol. The summed E-state index contributed by atoms with van der Waals surface area (Å²) in [5.74, 6) is 2.08. The first kappa shape index (κ1) is 22.6. The molecular weight excluding hydrogens is 418 g/mol. The molecule has 33 heavy (non-hydrogen) atoms. The molecule has 7 heteroatoms. The minimum absolute atomic E-state index is 0.102.